The molecular formula is C24H22N2O3. The molecule has 1 amide bonds. The fourth-order valence-corrected chi connectivity index (χ4v) is 3.14. The van der Waals surface area contributed by atoms with Gasteiger partial charge < -0.3 is 14.5 Å². The largest absolute Gasteiger partial charge is 0.481 e. The number of anilines is 1. The van der Waals surface area contributed by atoms with Crippen LogP contribution in [0.25, 0.3) is 22.6 Å². The maximum atomic E-state index is 12.7. The molecule has 4 aromatic rings. The van der Waals surface area contributed by atoms with E-state index in [0.717, 1.165) is 11.1 Å². The molecule has 0 aliphatic rings. The van der Waals surface area contributed by atoms with Crippen molar-refractivity contribution in [3.63, 3.8) is 0 Å². The van der Waals surface area contributed by atoms with Gasteiger partial charge in [0.05, 0.1) is 0 Å². The topological polar surface area (TPSA) is 64.4 Å². The van der Waals surface area contributed by atoms with E-state index in [0.29, 0.717) is 34.8 Å². The molecule has 4 rings (SSSR count). The van der Waals surface area contributed by atoms with Gasteiger partial charge in [-0.3, -0.25) is 4.79 Å². The number of rotatable bonds is 6. The molecule has 1 heterocycles. The number of oxazole rings is 1. The van der Waals surface area contributed by atoms with Gasteiger partial charge in [0, 0.05) is 11.3 Å². The summed E-state index contributed by atoms with van der Waals surface area (Å²) in [5.41, 5.74) is 4.07. The number of fused-ring (bicyclic) bond motifs is 1. The van der Waals surface area contributed by atoms with Gasteiger partial charge in [0.15, 0.2) is 11.7 Å². The summed E-state index contributed by atoms with van der Waals surface area (Å²) in [5, 5.41) is 2.92. The fourth-order valence-electron chi connectivity index (χ4n) is 3.14. The standard InChI is InChI=1S/C24H22N2O3/c1-3-21(28-18-10-5-4-6-11-18)23(27)25-17-13-14-22-20(15-17)26-24(29-22)19-12-8-7-9-16(19)2/h4-15,21H,3H2,1-2H3,(H,25,27). The van der Waals surface area contributed by atoms with Crippen LogP contribution in [0.2, 0.25) is 0 Å². The van der Waals surface area contributed by atoms with Crippen molar-refractivity contribution >= 4 is 22.7 Å². The molecule has 5 heteroatoms. The molecule has 1 unspecified atom stereocenters. The zero-order valence-electron chi connectivity index (χ0n) is 16.4. The normalized spacial score (nSPS) is 11.9. The van der Waals surface area contributed by atoms with Crippen LogP contribution in [0.3, 0.4) is 0 Å². The number of ether oxygens (including phenoxy) is 1. The second-order valence-electron chi connectivity index (χ2n) is 6.83. The number of aromatic nitrogens is 1. The predicted molar refractivity (Wildman–Crippen MR) is 114 cm³/mol. The Bertz CT molecular complexity index is 1140. The third-order valence-corrected chi connectivity index (χ3v) is 4.72. The van der Waals surface area contributed by atoms with E-state index >= 15 is 0 Å². The smallest absolute Gasteiger partial charge is 0.265 e. The first-order valence-corrected chi connectivity index (χ1v) is 9.63. The van der Waals surface area contributed by atoms with Gasteiger partial charge in [-0.2, -0.15) is 0 Å². The van der Waals surface area contributed by atoms with Crippen molar-refractivity contribution in [1.82, 2.24) is 4.98 Å². The Morgan fingerprint density at radius 1 is 1.07 bits per heavy atom. The molecule has 0 bridgehead atoms. The Labute approximate surface area is 169 Å². The molecule has 1 N–H and O–H groups in total. The van der Waals surface area contributed by atoms with Crippen molar-refractivity contribution in [1.29, 1.82) is 0 Å². The van der Waals surface area contributed by atoms with Crippen molar-refractivity contribution in [2.24, 2.45) is 0 Å². The van der Waals surface area contributed by atoms with Crippen molar-refractivity contribution < 1.29 is 13.9 Å². The van der Waals surface area contributed by atoms with E-state index in [4.69, 9.17) is 9.15 Å². The van der Waals surface area contributed by atoms with E-state index in [2.05, 4.69) is 10.3 Å². The molecule has 0 aliphatic carbocycles. The number of nitrogens with one attached hydrogen (secondary N) is 1. The number of carbonyl (C=O) groups excluding carboxylic acids is 1. The highest BCUT2D eigenvalue weighted by atomic mass is 16.5. The summed E-state index contributed by atoms with van der Waals surface area (Å²) in [6.45, 7) is 3.94. The van der Waals surface area contributed by atoms with Crippen molar-refractivity contribution in [2.75, 3.05) is 5.32 Å². The molecule has 146 valence electrons. The first-order chi connectivity index (χ1) is 14.1. The van der Waals surface area contributed by atoms with Gasteiger partial charge in [-0.05, 0) is 55.3 Å². The highest BCUT2D eigenvalue weighted by molar-refractivity contribution is 5.96. The monoisotopic (exact) mass is 386 g/mol. The molecule has 5 nitrogen and oxygen atoms in total. The molecule has 1 aromatic heterocycles. The van der Waals surface area contributed by atoms with Crippen LogP contribution in [-0.2, 0) is 4.79 Å². The Hall–Kier alpha value is -3.60. The Balaban J connectivity index is 1.53. The number of amides is 1. The van der Waals surface area contributed by atoms with E-state index in [-0.39, 0.29) is 5.91 Å². The Morgan fingerprint density at radius 3 is 2.59 bits per heavy atom. The minimum absolute atomic E-state index is 0.196. The van der Waals surface area contributed by atoms with Crippen LogP contribution in [0.4, 0.5) is 5.69 Å². The van der Waals surface area contributed by atoms with Gasteiger partial charge in [0.2, 0.25) is 5.89 Å². The average Bonchev–Trinajstić information content (AvgIpc) is 3.16. The summed E-state index contributed by atoms with van der Waals surface area (Å²) >= 11 is 0. The van der Waals surface area contributed by atoms with Gasteiger partial charge in [0.25, 0.3) is 5.91 Å². The minimum Gasteiger partial charge on any atom is -0.481 e. The maximum Gasteiger partial charge on any atom is 0.265 e. The van der Waals surface area contributed by atoms with Crippen LogP contribution in [-0.4, -0.2) is 17.0 Å². The minimum atomic E-state index is -0.576. The zero-order chi connectivity index (χ0) is 20.2. The highest BCUT2D eigenvalue weighted by Gasteiger charge is 2.19. The lowest BCUT2D eigenvalue weighted by Gasteiger charge is -2.17. The van der Waals surface area contributed by atoms with Gasteiger partial charge >= 0.3 is 0 Å². The zero-order valence-corrected chi connectivity index (χ0v) is 16.4. The molecule has 0 saturated heterocycles. The van der Waals surface area contributed by atoms with E-state index in [1.807, 2.05) is 86.6 Å². The summed E-state index contributed by atoms with van der Waals surface area (Å²) in [7, 11) is 0. The first kappa shape index (κ1) is 18.7. The summed E-state index contributed by atoms with van der Waals surface area (Å²) in [5.74, 6) is 1.04. The number of benzene rings is 3. The van der Waals surface area contributed by atoms with Gasteiger partial charge in [0.1, 0.15) is 11.3 Å². The lowest BCUT2D eigenvalue weighted by Crippen LogP contribution is -2.32. The van der Waals surface area contributed by atoms with Gasteiger partial charge in [-0.25, -0.2) is 4.98 Å². The Kier molecular flexibility index (Phi) is 5.29. The lowest BCUT2D eigenvalue weighted by atomic mass is 10.1. The molecular weight excluding hydrogens is 364 g/mol. The molecule has 1 atom stereocenters. The summed E-state index contributed by atoms with van der Waals surface area (Å²) in [4.78, 5) is 17.3. The van der Waals surface area contributed by atoms with E-state index < -0.39 is 6.10 Å². The Morgan fingerprint density at radius 2 is 1.83 bits per heavy atom. The van der Waals surface area contributed by atoms with Crippen LogP contribution >= 0.6 is 0 Å². The van der Waals surface area contributed by atoms with E-state index in [1.165, 1.54) is 0 Å². The van der Waals surface area contributed by atoms with Crippen molar-refractivity contribution in [3.05, 3.63) is 78.4 Å². The van der Waals surface area contributed by atoms with E-state index in [1.54, 1.807) is 0 Å². The molecule has 0 radical (unpaired) electrons. The fraction of sp³-hybridized carbons (Fsp3) is 0.167. The molecule has 29 heavy (non-hydrogen) atoms. The molecule has 0 aliphatic heterocycles. The summed E-state index contributed by atoms with van der Waals surface area (Å²) < 4.78 is 11.7. The van der Waals surface area contributed by atoms with E-state index in [9.17, 15) is 4.79 Å². The second-order valence-corrected chi connectivity index (χ2v) is 6.83. The number of aryl methyl sites for hydroxylation is 1. The predicted octanol–water partition coefficient (Wildman–Crippen LogP) is 5.60. The number of hydrogen-bond donors (Lipinski definition) is 1. The molecule has 0 saturated carbocycles. The van der Waals surface area contributed by atoms with Gasteiger partial charge in [-0.15, -0.1) is 0 Å². The number of hydrogen-bond acceptors (Lipinski definition) is 4. The number of nitrogens with zero attached hydrogens (tertiary/aromatic N) is 1. The van der Waals surface area contributed by atoms with Crippen molar-refractivity contribution in [2.45, 2.75) is 26.4 Å². The summed E-state index contributed by atoms with van der Waals surface area (Å²) in [6, 6.07) is 22.7. The van der Waals surface area contributed by atoms with Crippen LogP contribution in [0, 0.1) is 6.92 Å². The summed E-state index contributed by atoms with van der Waals surface area (Å²) in [6.07, 6.45) is -0.0161. The first-order valence-electron chi connectivity index (χ1n) is 9.63. The molecule has 0 fully saturated rings. The number of carbonyl (C=O) groups is 1. The van der Waals surface area contributed by atoms with Crippen LogP contribution in [0.5, 0.6) is 5.75 Å². The maximum absolute atomic E-state index is 12.7. The second kappa shape index (κ2) is 8.19. The number of para-hydroxylation sites is 1. The van der Waals surface area contributed by atoms with Crippen LogP contribution < -0.4 is 10.1 Å². The van der Waals surface area contributed by atoms with Crippen LogP contribution in [0.1, 0.15) is 18.9 Å². The average molecular weight is 386 g/mol. The third-order valence-electron chi connectivity index (χ3n) is 4.72. The quantitative estimate of drug-likeness (QED) is 0.468. The van der Waals surface area contributed by atoms with Crippen LogP contribution in [0.15, 0.2) is 77.2 Å². The SMILES string of the molecule is CCC(Oc1ccccc1)C(=O)Nc1ccc2oc(-c3ccccc3C)nc2c1. The lowest BCUT2D eigenvalue weighted by molar-refractivity contribution is -0.122. The third kappa shape index (κ3) is 4.14. The van der Waals surface area contributed by atoms with Gasteiger partial charge in [-0.1, -0.05) is 43.3 Å². The van der Waals surface area contributed by atoms with Crippen molar-refractivity contribution in [3.8, 4) is 17.2 Å². The molecule has 0 spiro atoms. The molecule has 3 aromatic carbocycles. The highest BCUT2D eigenvalue weighted by Crippen LogP contribution is 2.28.